The molecule has 0 heterocycles. The van der Waals surface area contributed by atoms with Crippen LogP contribution in [0.5, 0.6) is 5.75 Å². The molecule has 0 aliphatic rings. The predicted octanol–water partition coefficient (Wildman–Crippen LogP) is 1.03. The van der Waals surface area contributed by atoms with Crippen LogP contribution in [0.4, 0.5) is 11.4 Å². The third kappa shape index (κ3) is 3.38. The lowest BCUT2D eigenvalue weighted by atomic mass is 10.2. The molecule has 0 bridgehead atoms. The minimum atomic E-state index is -3.37. The fraction of sp³-hybridized carbons (Fsp3) is 0.222. The Kier molecular flexibility index (Phi) is 3.65. The Morgan fingerprint density at radius 3 is 2.62 bits per heavy atom. The standard InChI is InChI=1S/C9H10N2O4S/c1-15-9-5-7(10-6-12)3-4-8(9)11-16(2,13)14/h3-5,11H,1-2H3. The number of hydrogen-bond donors (Lipinski definition) is 1. The molecule has 0 aliphatic carbocycles. The van der Waals surface area contributed by atoms with Gasteiger partial charge < -0.3 is 4.74 Å². The molecule has 16 heavy (non-hydrogen) atoms. The average Bonchev–Trinajstić information content (AvgIpc) is 2.18. The minimum absolute atomic E-state index is 0.280. The van der Waals surface area contributed by atoms with Gasteiger partial charge in [0.05, 0.1) is 24.7 Å². The molecule has 0 saturated carbocycles. The first-order valence-electron chi connectivity index (χ1n) is 4.20. The molecule has 86 valence electrons. The van der Waals surface area contributed by atoms with Crippen molar-refractivity contribution in [2.75, 3.05) is 18.1 Å². The summed E-state index contributed by atoms with van der Waals surface area (Å²) in [5.41, 5.74) is 0.626. The van der Waals surface area contributed by atoms with Gasteiger partial charge in [0.25, 0.3) is 0 Å². The van der Waals surface area contributed by atoms with Gasteiger partial charge >= 0.3 is 0 Å². The SMILES string of the molecule is COc1cc(N=C=O)ccc1NS(C)(=O)=O. The van der Waals surface area contributed by atoms with E-state index in [9.17, 15) is 13.2 Å². The Morgan fingerprint density at radius 1 is 1.44 bits per heavy atom. The monoisotopic (exact) mass is 242 g/mol. The van der Waals surface area contributed by atoms with Crippen molar-refractivity contribution in [3.05, 3.63) is 18.2 Å². The van der Waals surface area contributed by atoms with E-state index in [-0.39, 0.29) is 11.4 Å². The molecule has 0 aliphatic heterocycles. The van der Waals surface area contributed by atoms with Crippen LogP contribution in [0.3, 0.4) is 0 Å². The van der Waals surface area contributed by atoms with Crippen molar-refractivity contribution < 1.29 is 17.9 Å². The first-order chi connectivity index (χ1) is 7.46. The molecular weight excluding hydrogens is 232 g/mol. The summed E-state index contributed by atoms with van der Waals surface area (Å²) in [6.07, 6.45) is 2.42. The topological polar surface area (TPSA) is 84.8 Å². The van der Waals surface area contributed by atoms with Crippen molar-refractivity contribution >= 4 is 27.5 Å². The van der Waals surface area contributed by atoms with Gasteiger partial charge in [-0.3, -0.25) is 4.72 Å². The summed E-state index contributed by atoms with van der Waals surface area (Å²) in [5, 5.41) is 0. The Bertz CT molecular complexity index is 532. The number of carbonyl (C=O) groups excluding carboxylic acids is 1. The van der Waals surface area contributed by atoms with Gasteiger partial charge in [-0.25, -0.2) is 13.2 Å². The highest BCUT2D eigenvalue weighted by Crippen LogP contribution is 2.29. The number of nitrogens with one attached hydrogen (secondary N) is 1. The Morgan fingerprint density at radius 2 is 2.12 bits per heavy atom. The quantitative estimate of drug-likeness (QED) is 0.631. The van der Waals surface area contributed by atoms with Crippen molar-refractivity contribution in [2.45, 2.75) is 0 Å². The second-order valence-corrected chi connectivity index (χ2v) is 4.71. The van der Waals surface area contributed by atoms with Crippen molar-refractivity contribution in [1.82, 2.24) is 0 Å². The molecule has 0 saturated heterocycles. The lowest BCUT2D eigenvalue weighted by Crippen LogP contribution is -2.10. The number of aliphatic imine (C=N–C) groups is 1. The van der Waals surface area contributed by atoms with E-state index >= 15 is 0 Å². The number of benzene rings is 1. The highest BCUT2D eigenvalue weighted by atomic mass is 32.2. The lowest BCUT2D eigenvalue weighted by Gasteiger charge is -2.09. The number of hydrogen-bond acceptors (Lipinski definition) is 5. The molecule has 0 unspecified atom stereocenters. The zero-order valence-corrected chi connectivity index (χ0v) is 9.54. The fourth-order valence-electron chi connectivity index (χ4n) is 1.09. The van der Waals surface area contributed by atoms with E-state index in [2.05, 4.69) is 9.71 Å². The number of rotatable bonds is 4. The molecule has 0 spiro atoms. The molecule has 0 fully saturated rings. The van der Waals surface area contributed by atoms with Crippen LogP contribution in [-0.2, 0) is 14.8 Å². The molecular formula is C9H10N2O4S. The molecule has 7 heteroatoms. The van der Waals surface area contributed by atoms with Crippen LogP contribution < -0.4 is 9.46 Å². The van der Waals surface area contributed by atoms with E-state index < -0.39 is 10.0 Å². The van der Waals surface area contributed by atoms with Gasteiger partial charge in [0.15, 0.2) is 0 Å². The largest absolute Gasteiger partial charge is 0.494 e. The highest BCUT2D eigenvalue weighted by molar-refractivity contribution is 7.92. The van der Waals surface area contributed by atoms with Crippen molar-refractivity contribution in [3.8, 4) is 5.75 Å². The van der Waals surface area contributed by atoms with Crippen LogP contribution >= 0.6 is 0 Å². The van der Waals surface area contributed by atoms with Crippen molar-refractivity contribution in [1.29, 1.82) is 0 Å². The fourth-order valence-corrected chi connectivity index (χ4v) is 1.65. The van der Waals surface area contributed by atoms with Crippen LogP contribution in [0, 0.1) is 0 Å². The van der Waals surface area contributed by atoms with Crippen LogP contribution in [0.1, 0.15) is 0 Å². The van der Waals surface area contributed by atoms with Gasteiger partial charge in [-0.1, -0.05) is 0 Å². The second-order valence-electron chi connectivity index (χ2n) is 2.96. The van der Waals surface area contributed by atoms with Gasteiger partial charge in [-0.2, -0.15) is 4.99 Å². The number of anilines is 1. The molecule has 6 nitrogen and oxygen atoms in total. The van der Waals surface area contributed by atoms with Gasteiger partial charge in [-0.15, -0.1) is 0 Å². The summed E-state index contributed by atoms with van der Waals surface area (Å²) in [6.45, 7) is 0. The number of nitrogens with zero attached hydrogens (tertiary/aromatic N) is 1. The molecule has 1 aromatic carbocycles. The summed E-state index contributed by atoms with van der Waals surface area (Å²) in [4.78, 5) is 13.4. The Hall–Kier alpha value is -1.85. The number of sulfonamides is 1. The third-order valence-corrected chi connectivity index (χ3v) is 2.25. The van der Waals surface area contributed by atoms with Gasteiger partial charge in [0.2, 0.25) is 16.1 Å². The third-order valence-electron chi connectivity index (χ3n) is 1.66. The first-order valence-corrected chi connectivity index (χ1v) is 6.09. The molecule has 1 aromatic rings. The van der Waals surface area contributed by atoms with E-state index in [1.807, 2.05) is 0 Å². The lowest BCUT2D eigenvalue weighted by molar-refractivity contribution is 0.417. The summed E-state index contributed by atoms with van der Waals surface area (Å²) < 4.78 is 29.3. The molecule has 0 radical (unpaired) electrons. The number of methoxy groups -OCH3 is 1. The first kappa shape index (κ1) is 12.2. The van der Waals surface area contributed by atoms with Gasteiger partial charge in [-0.05, 0) is 12.1 Å². The maximum Gasteiger partial charge on any atom is 0.240 e. The van der Waals surface area contributed by atoms with Gasteiger partial charge in [0, 0.05) is 6.07 Å². The minimum Gasteiger partial charge on any atom is -0.494 e. The van der Waals surface area contributed by atoms with E-state index in [4.69, 9.17) is 4.74 Å². The number of ether oxygens (including phenoxy) is 1. The Balaban J connectivity index is 3.16. The maximum atomic E-state index is 11.0. The molecule has 0 atom stereocenters. The maximum absolute atomic E-state index is 11.0. The molecule has 0 aromatic heterocycles. The summed E-state index contributed by atoms with van der Waals surface area (Å²) in [7, 11) is -1.99. The van der Waals surface area contributed by atoms with Crippen molar-refractivity contribution in [2.24, 2.45) is 4.99 Å². The van der Waals surface area contributed by atoms with Crippen LogP contribution in [0.25, 0.3) is 0 Å². The van der Waals surface area contributed by atoms with E-state index in [1.54, 1.807) is 0 Å². The molecule has 1 rings (SSSR count). The predicted molar refractivity (Wildman–Crippen MR) is 59.2 cm³/mol. The van der Waals surface area contributed by atoms with Crippen molar-refractivity contribution in [3.63, 3.8) is 0 Å². The van der Waals surface area contributed by atoms with Crippen LogP contribution in [-0.4, -0.2) is 27.9 Å². The van der Waals surface area contributed by atoms with Gasteiger partial charge in [0.1, 0.15) is 5.75 Å². The number of isocyanates is 1. The van der Waals surface area contributed by atoms with Crippen LogP contribution in [0.2, 0.25) is 0 Å². The highest BCUT2D eigenvalue weighted by Gasteiger charge is 2.08. The van der Waals surface area contributed by atoms with E-state index in [0.29, 0.717) is 5.69 Å². The Labute approximate surface area is 93.0 Å². The zero-order chi connectivity index (χ0) is 12.2. The summed E-state index contributed by atoms with van der Waals surface area (Å²) in [5.74, 6) is 0.280. The van der Waals surface area contributed by atoms with E-state index in [1.165, 1.54) is 31.4 Å². The second kappa shape index (κ2) is 4.78. The molecule has 0 amide bonds. The molecule has 1 N–H and O–H groups in total. The summed E-state index contributed by atoms with van der Waals surface area (Å²) >= 11 is 0. The van der Waals surface area contributed by atoms with Crippen LogP contribution in [0.15, 0.2) is 23.2 Å². The van der Waals surface area contributed by atoms with E-state index in [0.717, 1.165) is 6.26 Å². The zero-order valence-electron chi connectivity index (χ0n) is 8.72. The smallest absolute Gasteiger partial charge is 0.240 e. The average molecular weight is 242 g/mol. The normalized spacial score (nSPS) is 10.4. The summed E-state index contributed by atoms with van der Waals surface area (Å²) in [6, 6.07) is 4.36.